The first-order chi connectivity index (χ1) is 26.1. The van der Waals surface area contributed by atoms with Crippen molar-refractivity contribution in [3.8, 4) is 12.1 Å². The molecule has 4 aliphatic rings. The molecule has 4 fully saturated rings. The molecule has 0 spiro atoms. The molecule has 0 aliphatic carbocycles. The summed E-state index contributed by atoms with van der Waals surface area (Å²) >= 11 is -1.83. The van der Waals surface area contributed by atoms with Crippen LogP contribution in [0.4, 0.5) is 0 Å². The normalized spacial score (nSPS) is 23.2. The number of hydrogen-bond donors (Lipinski definition) is 0. The minimum absolute atomic E-state index is 0.0238. The summed E-state index contributed by atoms with van der Waals surface area (Å²) in [5.74, 6) is 0. The van der Waals surface area contributed by atoms with Gasteiger partial charge in [0.25, 0.3) is 0 Å². The van der Waals surface area contributed by atoms with Crippen molar-refractivity contribution in [1.29, 1.82) is 10.5 Å². The van der Waals surface area contributed by atoms with Crippen LogP contribution in [0.5, 0.6) is 0 Å². The van der Waals surface area contributed by atoms with Crippen LogP contribution in [0.2, 0.25) is 0 Å². The molecule has 6 heterocycles. The Morgan fingerprint density at radius 3 is 1.20 bits per heavy atom. The maximum atomic E-state index is 9.94. The van der Waals surface area contributed by atoms with E-state index in [1.807, 2.05) is 55.4 Å². The fourth-order valence-electron chi connectivity index (χ4n) is 6.65. The molecular weight excluding hydrogens is 943 g/mol. The quantitative estimate of drug-likeness (QED) is 0.268. The van der Waals surface area contributed by atoms with Gasteiger partial charge in [0.15, 0.2) is 0 Å². The summed E-state index contributed by atoms with van der Waals surface area (Å²) in [5.41, 5.74) is 4.71. The second-order valence-electron chi connectivity index (χ2n) is 18.4. The van der Waals surface area contributed by atoms with Crippen LogP contribution in [0.25, 0.3) is 22.1 Å². The average Bonchev–Trinajstić information content (AvgIpc) is 3.88. The molecule has 4 aromatic rings. The van der Waals surface area contributed by atoms with Gasteiger partial charge in [-0.1, -0.05) is 0 Å². The molecule has 8 rings (SSSR count). The number of rotatable bonds is 4. The van der Waals surface area contributed by atoms with Crippen molar-refractivity contribution in [2.75, 3.05) is 26.4 Å². The summed E-state index contributed by atoms with van der Waals surface area (Å²) in [7, 11) is -2.38. The molecule has 2 aromatic carbocycles. The number of benzene rings is 2. The molecule has 0 unspecified atom stereocenters. The van der Waals surface area contributed by atoms with Gasteiger partial charge in [0, 0.05) is 0 Å². The van der Waals surface area contributed by atoms with Crippen LogP contribution in [-0.2, 0) is 37.2 Å². The third-order valence-electron chi connectivity index (χ3n) is 11.4. The van der Waals surface area contributed by atoms with Crippen molar-refractivity contribution < 1.29 is 37.2 Å². The first-order valence-electron chi connectivity index (χ1n) is 18.7. The molecule has 0 amide bonds. The van der Waals surface area contributed by atoms with E-state index in [0.29, 0.717) is 59.5 Å². The molecule has 0 saturated carbocycles. The zero-order chi connectivity index (χ0) is 40.6. The van der Waals surface area contributed by atoms with Gasteiger partial charge in [-0.2, -0.15) is 0 Å². The van der Waals surface area contributed by atoms with Gasteiger partial charge in [-0.05, 0) is 0 Å². The van der Waals surface area contributed by atoms with Crippen LogP contribution >= 0.6 is 0 Å². The Morgan fingerprint density at radius 2 is 0.804 bits per heavy atom. The van der Waals surface area contributed by atoms with Gasteiger partial charge in [0.2, 0.25) is 0 Å². The topological polar surface area (TPSA) is 173 Å². The second-order valence-corrected chi connectivity index (χ2v) is 21.4. The predicted octanol–water partition coefficient (Wildman–Crippen LogP) is 1.25. The summed E-state index contributed by atoms with van der Waals surface area (Å²) in [6.07, 6.45) is 0. The van der Waals surface area contributed by atoms with E-state index in [-0.39, 0.29) is 10.8 Å². The molecule has 292 valence electrons. The van der Waals surface area contributed by atoms with Crippen molar-refractivity contribution in [1.82, 2.24) is 12.8 Å². The monoisotopic (exact) mass is 994 g/mol. The SMILES string of the molecule is CC1(C)COB(c2cc(C#N)c(B3OCC(C)(C)CO3)c3n[te]nc23)OC1.CC1(C)OB(c2cc(C#N)c(B3OC(C)(C)C(C)(C)O3)c3n[te]nc23)OC1(C)C. The Hall–Kier alpha value is -1.86. The van der Waals surface area contributed by atoms with Gasteiger partial charge in [0.1, 0.15) is 0 Å². The van der Waals surface area contributed by atoms with Crippen molar-refractivity contribution in [3.05, 3.63) is 23.3 Å². The molecule has 0 radical (unpaired) electrons. The summed E-state index contributed by atoms with van der Waals surface area (Å²) in [6, 6.07) is 8.20. The van der Waals surface area contributed by atoms with Crippen LogP contribution < -0.4 is 21.9 Å². The van der Waals surface area contributed by atoms with E-state index in [0.717, 1.165) is 22.0 Å². The van der Waals surface area contributed by atoms with Gasteiger partial charge in [0.05, 0.1) is 0 Å². The zero-order valence-corrected chi connectivity index (χ0v) is 38.7. The van der Waals surface area contributed by atoms with E-state index in [1.54, 1.807) is 12.1 Å². The van der Waals surface area contributed by atoms with Gasteiger partial charge in [-0.3, -0.25) is 0 Å². The molecular formula is C36H46B4N6O8Te2. The molecule has 0 atom stereocenters. The van der Waals surface area contributed by atoms with Crippen molar-refractivity contribution in [2.45, 2.75) is 105 Å². The standard InChI is InChI=1S/C19H25B2N3O4Te.C17H21B2N3O4Te/c1-16(2)17(3,4)26-20(25-16)12-9-11(10-22)13(15-14(12)23-29-24-15)21-27-18(5,6)19(7,8)28-21;1-16(2)7-23-18(24-8-16)12-5-11(6-20)13(15-14(12)21-27-22-15)19-25-9-17(3,4)10-26-19/h9H,1-8H3;5H,7-10H2,1-4H3. The van der Waals surface area contributed by atoms with E-state index in [4.69, 9.17) is 43.6 Å². The van der Waals surface area contributed by atoms with E-state index in [2.05, 4.69) is 46.2 Å². The van der Waals surface area contributed by atoms with E-state index >= 15 is 0 Å². The Morgan fingerprint density at radius 1 is 0.482 bits per heavy atom. The number of nitrogens with zero attached hydrogens (tertiary/aromatic N) is 6. The van der Waals surface area contributed by atoms with Crippen molar-refractivity contribution in [3.63, 3.8) is 0 Å². The minimum atomic E-state index is -0.939. The summed E-state index contributed by atoms with van der Waals surface area (Å²) in [4.78, 5) is 0. The maximum absolute atomic E-state index is 9.94. The molecule has 2 aromatic heterocycles. The molecule has 56 heavy (non-hydrogen) atoms. The van der Waals surface area contributed by atoms with Gasteiger partial charge < -0.3 is 0 Å². The molecule has 4 aliphatic heterocycles. The Kier molecular flexibility index (Phi) is 11.3. The summed E-state index contributed by atoms with van der Waals surface area (Å²) < 4.78 is 67.3. The average molecular weight is 989 g/mol. The van der Waals surface area contributed by atoms with Crippen LogP contribution in [-0.4, -0.2) is 132 Å². The van der Waals surface area contributed by atoms with Gasteiger partial charge in [-0.15, -0.1) is 0 Å². The Labute approximate surface area is 350 Å². The third kappa shape index (κ3) is 7.81. The summed E-state index contributed by atoms with van der Waals surface area (Å²) in [5, 5.41) is 19.7. The molecule has 0 N–H and O–H groups in total. The molecule has 20 heteroatoms. The fourth-order valence-corrected chi connectivity index (χ4v) is 9.97. The van der Waals surface area contributed by atoms with E-state index in [9.17, 15) is 10.5 Å². The van der Waals surface area contributed by atoms with Gasteiger partial charge in [-0.25, -0.2) is 0 Å². The molecule has 14 nitrogen and oxygen atoms in total. The molecule has 0 bridgehead atoms. The second kappa shape index (κ2) is 15.0. The Bertz CT molecular complexity index is 2200. The van der Waals surface area contributed by atoms with E-state index < -0.39 is 92.9 Å². The summed E-state index contributed by atoms with van der Waals surface area (Å²) in [6.45, 7) is 26.7. The zero-order valence-electron chi connectivity index (χ0n) is 34.1. The van der Waals surface area contributed by atoms with Gasteiger partial charge >= 0.3 is 353 Å². The fraction of sp³-hybridized carbons (Fsp3) is 0.611. The van der Waals surface area contributed by atoms with Crippen molar-refractivity contribution in [2.24, 2.45) is 10.8 Å². The van der Waals surface area contributed by atoms with Crippen LogP contribution in [0, 0.1) is 33.5 Å². The first-order valence-corrected chi connectivity index (χ1v) is 22.8. The van der Waals surface area contributed by atoms with Crippen LogP contribution in [0.3, 0.4) is 0 Å². The number of aromatic nitrogens is 4. The third-order valence-corrected chi connectivity index (χ3v) is 14.5. The first kappa shape index (κ1) is 42.3. The van der Waals surface area contributed by atoms with Crippen molar-refractivity contribution >= 4 is 114 Å². The van der Waals surface area contributed by atoms with Crippen LogP contribution in [0.15, 0.2) is 12.1 Å². The number of fused-ring (bicyclic) bond motifs is 2. The molecule has 4 saturated heterocycles. The number of hydrogen-bond acceptors (Lipinski definition) is 14. The van der Waals surface area contributed by atoms with E-state index in [1.165, 1.54) is 0 Å². The van der Waals surface area contributed by atoms with Crippen LogP contribution in [0.1, 0.15) is 94.2 Å². The number of nitriles is 2. The Balaban J connectivity index is 0.000000172. The predicted molar refractivity (Wildman–Crippen MR) is 216 cm³/mol.